The summed E-state index contributed by atoms with van der Waals surface area (Å²) in [5.41, 5.74) is 2.77. The molecule has 1 saturated heterocycles. The van der Waals surface area contributed by atoms with E-state index < -0.39 is 21.9 Å². The van der Waals surface area contributed by atoms with Crippen molar-refractivity contribution >= 4 is 27.6 Å². The van der Waals surface area contributed by atoms with Gasteiger partial charge in [-0.3, -0.25) is 4.79 Å². The molecule has 1 amide bonds. The topological polar surface area (TPSA) is 133 Å². The molecule has 170 valence electrons. The summed E-state index contributed by atoms with van der Waals surface area (Å²) in [5, 5.41) is 21.5. The van der Waals surface area contributed by atoms with Crippen molar-refractivity contribution in [2.45, 2.75) is 43.9 Å². The number of sulfonamides is 1. The van der Waals surface area contributed by atoms with Crippen LogP contribution in [0.5, 0.6) is 17.2 Å². The summed E-state index contributed by atoms with van der Waals surface area (Å²) < 4.78 is 33.3. The van der Waals surface area contributed by atoms with Crippen molar-refractivity contribution in [1.29, 1.82) is 0 Å². The third-order valence-corrected chi connectivity index (χ3v) is 7.74. The lowest BCUT2D eigenvalue weighted by molar-refractivity contribution is -0.147. The lowest BCUT2D eigenvalue weighted by atomic mass is 10.0. The van der Waals surface area contributed by atoms with Crippen molar-refractivity contribution < 1.29 is 33.0 Å². The van der Waals surface area contributed by atoms with Crippen LogP contribution in [0.15, 0.2) is 29.2 Å². The van der Waals surface area contributed by atoms with Gasteiger partial charge < -0.3 is 20.3 Å². The first-order valence-corrected chi connectivity index (χ1v) is 11.8. The predicted octanol–water partition coefficient (Wildman–Crippen LogP) is 2.79. The molecule has 2 aliphatic rings. The first kappa shape index (κ1) is 22.1. The maximum atomic E-state index is 12.9. The van der Waals surface area contributed by atoms with Gasteiger partial charge in [0.05, 0.1) is 0 Å². The van der Waals surface area contributed by atoms with Gasteiger partial charge in [-0.1, -0.05) is 0 Å². The number of rotatable bonds is 5. The minimum atomic E-state index is -3.83. The Morgan fingerprint density at radius 3 is 2.44 bits per heavy atom. The minimum Gasteiger partial charge on any atom is -0.507 e. The molecule has 0 bridgehead atoms. The van der Waals surface area contributed by atoms with Gasteiger partial charge in [-0.2, -0.15) is 4.31 Å². The van der Waals surface area contributed by atoms with Crippen molar-refractivity contribution in [3.63, 3.8) is 0 Å². The van der Waals surface area contributed by atoms with Crippen LogP contribution in [0.2, 0.25) is 0 Å². The number of aliphatic carboxylic acids is 1. The molecule has 0 radical (unpaired) electrons. The largest absolute Gasteiger partial charge is 0.507 e. The SMILES string of the molecule is Cc1cc(NC(=O)C(=O)O)c2c(c1Oc1ccc(O)c(S(=O)(=O)N3CCCC3)c1)CCC2. The van der Waals surface area contributed by atoms with Crippen LogP contribution >= 0.6 is 0 Å². The highest BCUT2D eigenvalue weighted by Crippen LogP contribution is 2.41. The van der Waals surface area contributed by atoms with E-state index in [-0.39, 0.29) is 16.4 Å². The average Bonchev–Trinajstić information content (AvgIpc) is 3.44. The highest BCUT2D eigenvalue weighted by Gasteiger charge is 2.30. The number of carbonyl (C=O) groups is 2. The number of carboxylic acids is 1. The van der Waals surface area contributed by atoms with Gasteiger partial charge in [0.2, 0.25) is 10.0 Å². The summed E-state index contributed by atoms with van der Waals surface area (Å²) in [4.78, 5) is 22.4. The first-order chi connectivity index (χ1) is 15.2. The molecule has 1 aliphatic carbocycles. The number of benzene rings is 2. The van der Waals surface area contributed by atoms with Gasteiger partial charge in [-0.05, 0) is 68.4 Å². The molecule has 3 N–H and O–H groups in total. The zero-order valence-electron chi connectivity index (χ0n) is 17.6. The van der Waals surface area contributed by atoms with Crippen molar-refractivity contribution in [1.82, 2.24) is 4.31 Å². The van der Waals surface area contributed by atoms with Crippen LogP contribution in [0.1, 0.15) is 36.0 Å². The number of nitrogens with one attached hydrogen (secondary N) is 1. The van der Waals surface area contributed by atoms with E-state index in [1.807, 2.05) is 0 Å². The number of aryl methyl sites for hydroxylation is 1. The van der Waals surface area contributed by atoms with Gasteiger partial charge in [0, 0.05) is 30.4 Å². The van der Waals surface area contributed by atoms with E-state index in [4.69, 9.17) is 9.84 Å². The van der Waals surface area contributed by atoms with Crippen molar-refractivity contribution in [2.24, 2.45) is 0 Å². The molecule has 32 heavy (non-hydrogen) atoms. The molecule has 0 saturated carbocycles. The van der Waals surface area contributed by atoms with E-state index in [1.54, 1.807) is 13.0 Å². The number of aromatic hydroxyl groups is 1. The number of amides is 1. The summed E-state index contributed by atoms with van der Waals surface area (Å²) in [5.74, 6) is -2.20. The molecule has 0 spiro atoms. The normalized spacial score (nSPS) is 16.0. The smallest absolute Gasteiger partial charge is 0.394 e. The molecule has 10 heteroatoms. The van der Waals surface area contributed by atoms with Gasteiger partial charge in [0.15, 0.2) is 0 Å². The molecule has 0 atom stereocenters. The molecule has 2 aromatic carbocycles. The third-order valence-electron chi connectivity index (χ3n) is 5.81. The van der Waals surface area contributed by atoms with Crippen LogP contribution < -0.4 is 10.1 Å². The number of ether oxygens (including phenoxy) is 1. The van der Waals surface area contributed by atoms with Crippen LogP contribution in [-0.2, 0) is 32.5 Å². The fourth-order valence-corrected chi connectivity index (χ4v) is 5.89. The van der Waals surface area contributed by atoms with E-state index in [0.717, 1.165) is 30.4 Å². The lowest BCUT2D eigenvalue weighted by Gasteiger charge is -2.19. The van der Waals surface area contributed by atoms with E-state index in [9.17, 15) is 23.1 Å². The summed E-state index contributed by atoms with van der Waals surface area (Å²) >= 11 is 0. The fraction of sp³-hybridized carbons (Fsp3) is 0.364. The summed E-state index contributed by atoms with van der Waals surface area (Å²) in [6.07, 6.45) is 3.72. The number of anilines is 1. The Morgan fingerprint density at radius 1 is 1.06 bits per heavy atom. The van der Waals surface area contributed by atoms with Gasteiger partial charge in [-0.15, -0.1) is 0 Å². The number of fused-ring (bicyclic) bond motifs is 1. The van der Waals surface area contributed by atoms with Crippen LogP contribution in [0.3, 0.4) is 0 Å². The van der Waals surface area contributed by atoms with Crippen LogP contribution in [-0.4, -0.2) is 47.9 Å². The standard InChI is InChI=1S/C22H24N2O7S/c1-13-11-17(23-21(26)22(27)28)15-5-4-6-16(15)20(13)31-14-7-8-18(25)19(12-14)32(29,30)24-9-2-3-10-24/h7-8,11-12,25H,2-6,9-10H2,1H3,(H,23,26)(H,27,28). The van der Waals surface area contributed by atoms with Gasteiger partial charge in [0.1, 0.15) is 22.1 Å². The molecule has 0 unspecified atom stereocenters. The number of hydrogen-bond acceptors (Lipinski definition) is 6. The number of phenolic OH excluding ortho intramolecular Hbond substituents is 1. The maximum Gasteiger partial charge on any atom is 0.394 e. The average molecular weight is 461 g/mol. The Kier molecular flexibility index (Phi) is 5.83. The zero-order valence-corrected chi connectivity index (χ0v) is 18.4. The second-order valence-electron chi connectivity index (χ2n) is 7.98. The molecule has 9 nitrogen and oxygen atoms in total. The van der Waals surface area contributed by atoms with Crippen molar-refractivity contribution in [2.75, 3.05) is 18.4 Å². The third kappa shape index (κ3) is 4.03. The second kappa shape index (κ2) is 8.44. The molecule has 4 rings (SSSR count). The van der Waals surface area contributed by atoms with Crippen LogP contribution in [0.4, 0.5) is 5.69 Å². The highest BCUT2D eigenvalue weighted by molar-refractivity contribution is 7.89. The minimum absolute atomic E-state index is 0.198. The van der Waals surface area contributed by atoms with Crippen molar-refractivity contribution in [3.05, 3.63) is 41.0 Å². The van der Waals surface area contributed by atoms with E-state index in [2.05, 4.69) is 5.32 Å². The monoisotopic (exact) mass is 460 g/mol. The Bertz CT molecular complexity index is 1200. The number of phenols is 1. The van der Waals surface area contributed by atoms with E-state index >= 15 is 0 Å². The molecule has 0 aromatic heterocycles. The summed E-state index contributed by atoms with van der Waals surface area (Å²) in [7, 11) is -3.83. The molecule has 1 heterocycles. The Hall–Kier alpha value is -3.11. The van der Waals surface area contributed by atoms with Gasteiger partial charge >= 0.3 is 11.9 Å². The summed E-state index contributed by atoms with van der Waals surface area (Å²) in [6, 6.07) is 5.78. The first-order valence-electron chi connectivity index (χ1n) is 10.4. The molecular formula is C22H24N2O7S. The predicted molar refractivity (Wildman–Crippen MR) is 116 cm³/mol. The van der Waals surface area contributed by atoms with E-state index in [1.165, 1.54) is 22.5 Å². The van der Waals surface area contributed by atoms with Crippen LogP contribution in [0, 0.1) is 6.92 Å². The Morgan fingerprint density at radius 2 is 1.75 bits per heavy atom. The zero-order chi connectivity index (χ0) is 23.0. The molecule has 1 fully saturated rings. The molecular weight excluding hydrogens is 436 g/mol. The van der Waals surface area contributed by atoms with Gasteiger partial charge in [-0.25, -0.2) is 13.2 Å². The van der Waals surface area contributed by atoms with Crippen LogP contribution in [0.25, 0.3) is 0 Å². The summed E-state index contributed by atoms with van der Waals surface area (Å²) in [6.45, 7) is 2.61. The van der Waals surface area contributed by atoms with Crippen molar-refractivity contribution in [3.8, 4) is 17.2 Å². The maximum absolute atomic E-state index is 12.9. The lowest BCUT2D eigenvalue weighted by Crippen LogP contribution is -2.27. The molecule has 2 aromatic rings. The fourth-order valence-electron chi connectivity index (χ4n) is 4.28. The Balaban J connectivity index is 1.69. The number of carboxylic acid groups (broad SMARTS) is 1. The molecule has 1 aliphatic heterocycles. The number of hydrogen-bond donors (Lipinski definition) is 3. The number of nitrogens with zero attached hydrogens (tertiary/aromatic N) is 1. The quantitative estimate of drug-likeness (QED) is 0.584. The van der Waals surface area contributed by atoms with E-state index in [0.29, 0.717) is 42.9 Å². The Labute approximate surface area is 185 Å². The second-order valence-corrected chi connectivity index (χ2v) is 9.89. The number of carbonyl (C=O) groups excluding carboxylic acids is 1. The van der Waals surface area contributed by atoms with Gasteiger partial charge in [0.25, 0.3) is 0 Å². The highest BCUT2D eigenvalue weighted by atomic mass is 32.2.